The monoisotopic (exact) mass is 385 g/mol. The van der Waals surface area contributed by atoms with E-state index in [0.717, 1.165) is 30.2 Å². The van der Waals surface area contributed by atoms with Crippen LogP contribution in [0.15, 0.2) is 41.4 Å². The van der Waals surface area contributed by atoms with Crippen LogP contribution < -0.4 is 20.1 Å². The first-order valence-corrected chi connectivity index (χ1v) is 9.15. The maximum Gasteiger partial charge on any atom is 0.191 e. The molecule has 0 radical (unpaired) electrons. The summed E-state index contributed by atoms with van der Waals surface area (Å²) < 4.78 is 24.7. The van der Waals surface area contributed by atoms with Crippen molar-refractivity contribution in [3.05, 3.63) is 58.9 Å². The number of benzene rings is 2. The highest BCUT2D eigenvalue weighted by atomic mass is 19.1. The maximum absolute atomic E-state index is 14.2. The Morgan fingerprint density at radius 3 is 2.54 bits per heavy atom. The van der Waals surface area contributed by atoms with Gasteiger partial charge in [-0.1, -0.05) is 6.07 Å². The van der Waals surface area contributed by atoms with Crippen LogP contribution in [0.5, 0.6) is 11.5 Å². The molecular formula is C21H24FN3O3. The van der Waals surface area contributed by atoms with Gasteiger partial charge in [0.15, 0.2) is 11.7 Å². The topological polar surface area (TPSA) is 72.0 Å². The average Bonchev–Trinajstić information content (AvgIpc) is 3.24. The van der Waals surface area contributed by atoms with Gasteiger partial charge in [0.05, 0.1) is 26.3 Å². The number of ether oxygens (including phenoxy) is 2. The van der Waals surface area contributed by atoms with Gasteiger partial charge in [-0.25, -0.2) is 4.39 Å². The maximum atomic E-state index is 14.2. The molecule has 0 unspecified atom stereocenters. The van der Waals surface area contributed by atoms with E-state index in [1.54, 1.807) is 32.4 Å². The zero-order chi connectivity index (χ0) is 19.9. The quantitative estimate of drug-likeness (QED) is 0.684. The van der Waals surface area contributed by atoms with Crippen LogP contribution in [0.25, 0.3) is 0 Å². The molecule has 1 aliphatic rings. The lowest BCUT2D eigenvalue weighted by Crippen LogP contribution is -2.33. The number of carbonyl (C=O) groups excluding carboxylic acids is 1. The van der Waals surface area contributed by atoms with Crippen molar-refractivity contribution < 1.29 is 18.7 Å². The van der Waals surface area contributed by atoms with Crippen molar-refractivity contribution in [1.82, 2.24) is 10.6 Å². The first kappa shape index (κ1) is 19.7. The van der Waals surface area contributed by atoms with Crippen molar-refractivity contribution in [2.24, 2.45) is 4.99 Å². The Balaban J connectivity index is 1.65. The average molecular weight is 385 g/mol. The van der Waals surface area contributed by atoms with Crippen LogP contribution in [0.2, 0.25) is 0 Å². The molecule has 1 aliphatic heterocycles. The lowest BCUT2D eigenvalue weighted by Gasteiger charge is -2.10. The van der Waals surface area contributed by atoms with Crippen molar-refractivity contribution >= 4 is 11.7 Å². The number of nitrogens with zero attached hydrogens (tertiary/aromatic N) is 1. The summed E-state index contributed by atoms with van der Waals surface area (Å²) in [5.41, 5.74) is 1.83. The smallest absolute Gasteiger partial charge is 0.191 e. The minimum absolute atomic E-state index is 0.107. The molecule has 148 valence electrons. The first-order chi connectivity index (χ1) is 13.6. The Hall–Kier alpha value is -3.09. The third-order valence-electron chi connectivity index (χ3n) is 4.52. The molecule has 1 heterocycles. The number of nitrogens with one attached hydrogen (secondary N) is 2. The molecule has 3 rings (SSSR count). The molecule has 0 spiro atoms. The molecule has 0 atom stereocenters. The minimum atomic E-state index is -0.506. The highest BCUT2D eigenvalue weighted by Gasteiger charge is 2.14. The molecule has 0 aromatic heterocycles. The number of methoxy groups -OCH3 is 2. The Morgan fingerprint density at radius 1 is 1.14 bits per heavy atom. The number of aryl methyl sites for hydroxylation is 1. The number of rotatable bonds is 8. The Morgan fingerprint density at radius 2 is 1.89 bits per heavy atom. The summed E-state index contributed by atoms with van der Waals surface area (Å²) in [6.45, 7) is 2.02. The molecule has 2 N–H and O–H groups in total. The van der Waals surface area contributed by atoms with Crippen LogP contribution in [0.3, 0.4) is 0 Å². The van der Waals surface area contributed by atoms with E-state index in [-0.39, 0.29) is 17.8 Å². The normalized spacial score (nSPS) is 12.9. The fraction of sp³-hybridized carbons (Fsp3) is 0.333. The number of Topliss-reactive ketones (excluding diaryl/α,β-unsaturated/α-hetero) is 1. The number of hydrogen-bond acceptors (Lipinski definition) is 6. The van der Waals surface area contributed by atoms with E-state index in [4.69, 9.17) is 9.47 Å². The predicted octanol–water partition coefficient (Wildman–Crippen LogP) is 2.71. The van der Waals surface area contributed by atoms with Gasteiger partial charge >= 0.3 is 0 Å². The SMILES string of the molecule is COc1cc(CCC(=O)c2cc(CNC3=NCCN3)ccc2F)cc(OC)c1. The number of hydrogen-bond donors (Lipinski definition) is 2. The van der Waals surface area contributed by atoms with Crippen molar-refractivity contribution in [1.29, 1.82) is 0 Å². The first-order valence-electron chi connectivity index (χ1n) is 9.15. The molecule has 0 saturated heterocycles. The summed E-state index contributed by atoms with van der Waals surface area (Å²) >= 11 is 0. The molecule has 6 nitrogen and oxygen atoms in total. The summed E-state index contributed by atoms with van der Waals surface area (Å²) in [5.74, 6) is 1.30. The molecule has 0 bridgehead atoms. The number of guanidine groups is 1. The Kier molecular flexibility index (Phi) is 6.47. The van der Waals surface area contributed by atoms with Crippen LogP contribution in [-0.2, 0) is 13.0 Å². The third-order valence-corrected chi connectivity index (χ3v) is 4.52. The molecule has 0 fully saturated rings. The van der Waals surface area contributed by atoms with E-state index in [9.17, 15) is 9.18 Å². The van der Waals surface area contributed by atoms with Gasteiger partial charge in [0, 0.05) is 25.6 Å². The van der Waals surface area contributed by atoms with E-state index in [0.29, 0.717) is 24.5 Å². The largest absolute Gasteiger partial charge is 0.497 e. The van der Waals surface area contributed by atoms with Crippen LogP contribution in [0, 0.1) is 5.82 Å². The lowest BCUT2D eigenvalue weighted by molar-refractivity contribution is 0.0978. The summed E-state index contributed by atoms with van der Waals surface area (Å²) in [7, 11) is 3.15. The third kappa shape index (κ3) is 5.00. The molecule has 2 aromatic rings. The second-order valence-electron chi connectivity index (χ2n) is 6.47. The van der Waals surface area contributed by atoms with Crippen LogP contribution >= 0.6 is 0 Å². The predicted molar refractivity (Wildman–Crippen MR) is 106 cm³/mol. The highest BCUT2D eigenvalue weighted by molar-refractivity contribution is 5.96. The van der Waals surface area contributed by atoms with Gasteiger partial charge in [-0.05, 0) is 41.8 Å². The van der Waals surface area contributed by atoms with Crippen molar-refractivity contribution in [2.45, 2.75) is 19.4 Å². The molecule has 0 amide bonds. The molecule has 28 heavy (non-hydrogen) atoms. The van der Waals surface area contributed by atoms with Crippen molar-refractivity contribution in [3.8, 4) is 11.5 Å². The van der Waals surface area contributed by atoms with E-state index in [1.807, 2.05) is 12.1 Å². The number of carbonyl (C=O) groups is 1. The van der Waals surface area contributed by atoms with Crippen molar-refractivity contribution in [2.75, 3.05) is 27.3 Å². The summed E-state index contributed by atoms with van der Waals surface area (Å²) in [6.07, 6.45) is 0.660. The lowest BCUT2D eigenvalue weighted by atomic mass is 10.00. The van der Waals surface area contributed by atoms with Gasteiger partial charge in [-0.15, -0.1) is 0 Å². The Labute approximate surface area is 163 Å². The second-order valence-corrected chi connectivity index (χ2v) is 6.47. The zero-order valence-electron chi connectivity index (χ0n) is 16.0. The van der Waals surface area contributed by atoms with Gasteiger partial charge in [-0.2, -0.15) is 0 Å². The fourth-order valence-electron chi connectivity index (χ4n) is 3.00. The van der Waals surface area contributed by atoms with Gasteiger partial charge in [0.1, 0.15) is 17.3 Å². The minimum Gasteiger partial charge on any atom is -0.497 e. The van der Waals surface area contributed by atoms with Crippen molar-refractivity contribution in [3.63, 3.8) is 0 Å². The molecule has 0 aliphatic carbocycles. The molecule has 2 aromatic carbocycles. The highest BCUT2D eigenvalue weighted by Crippen LogP contribution is 2.24. The number of ketones is 1. The zero-order valence-corrected chi connectivity index (χ0v) is 16.0. The number of aliphatic imine (C=N–C) groups is 1. The fourth-order valence-corrected chi connectivity index (χ4v) is 3.00. The Bertz CT molecular complexity index is 861. The summed E-state index contributed by atoms with van der Waals surface area (Å²) in [4.78, 5) is 16.9. The van der Waals surface area contributed by atoms with Gasteiger partial charge < -0.3 is 20.1 Å². The van der Waals surface area contributed by atoms with Gasteiger partial charge in [0.25, 0.3) is 0 Å². The molecular weight excluding hydrogens is 361 g/mol. The second kappa shape index (κ2) is 9.21. The molecule has 7 heteroatoms. The van der Waals surface area contributed by atoms with E-state index < -0.39 is 5.82 Å². The standard InChI is InChI=1S/C21H24FN3O3/c1-27-16-9-14(10-17(12-16)28-2)4-6-20(26)18-11-15(3-5-19(18)22)13-25-21-23-7-8-24-21/h3,5,9-12H,4,6-8,13H2,1-2H3,(H2,23,24,25). The van der Waals surface area contributed by atoms with E-state index in [1.165, 1.54) is 6.07 Å². The molecule has 0 saturated carbocycles. The van der Waals surface area contributed by atoms with E-state index >= 15 is 0 Å². The van der Waals surface area contributed by atoms with E-state index in [2.05, 4.69) is 15.6 Å². The summed E-state index contributed by atoms with van der Waals surface area (Å²) in [5, 5.41) is 6.25. The van der Waals surface area contributed by atoms with Crippen LogP contribution in [0.1, 0.15) is 27.9 Å². The van der Waals surface area contributed by atoms with Gasteiger partial charge in [0.2, 0.25) is 0 Å². The van der Waals surface area contributed by atoms with Crippen LogP contribution in [0.4, 0.5) is 4.39 Å². The number of halogens is 1. The summed E-state index contributed by atoms with van der Waals surface area (Å²) in [6, 6.07) is 10.1. The van der Waals surface area contributed by atoms with Gasteiger partial charge in [-0.3, -0.25) is 9.79 Å². The van der Waals surface area contributed by atoms with Crippen LogP contribution in [-0.4, -0.2) is 39.1 Å².